The van der Waals surface area contributed by atoms with Crippen LogP contribution in [0.5, 0.6) is 0 Å². The average molecular weight is 447 g/mol. The molecule has 0 aliphatic carbocycles. The van der Waals surface area contributed by atoms with E-state index in [0.717, 1.165) is 44.6 Å². The van der Waals surface area contributed by atoms with E-state index in [1.54, 1.807) is 0 Å². The van der Waals surface area contributed by atoms with Gasteiger partial charge in [-0.05, 0) is 0 Å². The molecular formula is C11H17I2N2O-. The van der Waals surface area contributed by atoms with E-state index >= 15 is 0 Å². The molecule has 0 saturated carbocycles. The second kappa shape index (κ2) is 4.99. The number of hydrogen-bond acceptors (Lipinski definition) is 2. The van der Waals surface area contributed by atoms with Gasteiger partial charge in [0.1, 0.15) is 0 Å². The van der Waals surface area contributed by atoms with Crippen molar-refractivity contribution in [3.05, 3.63) is 12.3 Å². The van der Waals surface area contributed by atoms with E-state index in [1.165, 1.54) is 0 Å². The number of likely N-dealkylation sites (tertiary alicyclic amines) is 1. The summed E-state index contributed by atoms with van der Waals surface area (Å²) in [6.45, 7) is 9.24. The molecule has 0 bridgehead atoms. The molecule has 0 aromatic rings. The molecule has 2 fully saturated rings. The summed E-state index contributed by atoms with van der Waals surface area (Å²) in [5, 5.41) is 0. The van der Waals surface area contributed by atoms with Gasteiger partial charge in [-0.15, -0.1) is 0 Å². The van der Waals surface area contributed by atoms with Gasteiger partial charge in [-0.1, -0.05) is 0 Å². The number of piperidine rings is 1. The topological polar surface area (TPSA) is 23.6 Å². The molecule has 5 heteroatoms. The number of allylic oxidation sites excluding steroid dienone is 1. The summed E-state index contributed by atoms with van der Waals surface area (Å²) in [4.78, 5) is 14.2. The van der Waals surface area contributed by atoms with Crippen LogP contribution in [0.4, 0.5) is 0 Å². The molecule has 1 spiro atoms. The summed E-state index contributed by atoms with van der Waals surface area (Å²) in [6, 6.07) is 0. The predicted molar refractivity (Wildman–Crippen MR) is 68.4 cm³/mol. The number of carbonyl (C=O) groups is 1. The van der Waals surface area contributed by atoms with Crippen LogP contribution in [0, 0.1) is 5.41 Å². The van der Waals surface area contributed by atoms with Crippen LogP contribution in [-0.2, 0) is 4.79 Å². The van der Waals surface area contributed by atoms with Crippen LogP contribution in [0.25, 0.3) is 0 Å². The van der Waals surface area contributed by atoms with Crippen molar-refractivity contribution in [1.29, 1.82) is 0 Å². The maximum absolute atomic E-state index is 11.8. The van der Waals surface area contributed by atoms with Crippen LogP contribution in [0.3, 0.4) is 0 Å². The Labute approximate surface area is 117 Å². The second-order valence-electron chi connectivity index (χ2n) is 4.88. The van der Waals surface area contributed by atoms with Crippen molar-refractivity contribution in [3.8, 4) is 0 Å². The molecule has 1 amide bonds. The number of carbonyl (C=O) groups excluding carboxylic acids is 1. The SMILES string of the molecule is C=C(C)N1CCC2(CC1)CC(=O)N([I-]I)C2. The minimum atomic E-state index is -0.0908. The van der Waals surface area contributed by atoms with Gasteiger partial charge in [0.25, 0.3) is 0 Å². The fraction of sp³-hybridized carbons (Fsp3) is 0.727. The number of hydrogen-bond donors (Lipinski definition) is 0. The zero-order chi connectivity index (χ0) is 11.8. The molecule has 0 radical (unpaired) electrons. The second-order valence-corrected chi connectivity index (χ2v) is 8.85. The van der Waals surface area contributed by atoms with E-state index in [4.69, 9.17) is 0 Å². The van der Waals surface area contributed by atoms with Crippen molar-refractivity contribution >= 4 is 24.5 Å². The first kappa shape index (κ1) is 12.9. The Morgan fingerprint density at radius 2 is 2.12 bits per heavy atom. The van der Waals surface area contributed by atoms with Crippen LogP contribution in [0.15, 0.2) is 12.3 Å². The van der Waals surface area contributed by atoms with Gasteiger partial charge in [0.15, 0.2) is 0 Å². The van der Waals surface area contributed by atoms with Crippen molar-refractivity contribution in [2.24, 2.45) is 5.41 Å². The first-order valence-corrected chi connectivity index (χ1v) is 12.8. The molecule has 2 saturated heterocycles. The Kier molecular flexibility index (Phi) is 4.03. The Morgan fingerprint density at radius 1 is 1.50 bits per heavy atom. The monoisotopic (exact) mass is 447 g/mol. The summed E-state index contributed by atoms with van der Waals surface area (Å²) in [7, 11) is 0. The van der Waals surface area contributed by atoms with Gasteiger partial charge in [0.2, 0.25) is 0 Å². The number of nitrogens with zero attached hydrogens (tertiary/aromatic N) is 2. The Balaban J connectivity index is 1.98. The molecule has 3 nitrogen and oxygen atoms in total. The zero-order valence-electron chi connectivity index (χ0n) is 9.51. The van der Waals surface area contributed by atoms with Gasteiger partial charge >= 0.3 is 118 Å². The van der Waals surface area contributed by atoms with Crippen LogP contribution in [0.1, 0.15) is 26.2 Å². The normalized spacial score (nSPS) is 24.5. The molecule has 0 aromatic carbocycles. The third-order valence-electron chi connectivity index (χ3n) is 3.71. The molecular weight excluding hydrogens is 430 g/mol. The van der Waals surface area contributed by atoms with E-state index in [1.807, 2.05) is 0 Å². The van der Waals surface area contributed by atoms with E-state index in [0.29, 0.717) is 11.3 Å². The fourth-order valence-corrected chi connectivity index (χ4v) is 6.06. The number of amides is 1. The van der Waals surface area contributed by atoms with Crippen LogP contribution in [-0.4, -0.2) is 33.6 Å². The third kappa shape index (κ3) is 2.49. The van der Waals surface area contributed by atoms with E-state index < -0.39 is 0 Å². The minimum absolute atomic E-state index is 0.0908. The van der Waals surface area contributed by atoms with Gasteiger partial charge in [-0.3, -0.25) is 0 Å². The summed E-state index contributed by atoms with van der Waals surface area (Å²) in [5.41, 5.74) is 1.46. The maximum atomic E-state index is 11.8. The number of rotatable bonds is 2. The summed E-state index contributed by atoms with van der Waals surface area (Å²) in [6.07, 6.45) is 3.10. The van der Waals surface area contributed by atoms with Gasteiger partial charge < -0.3 is 0 Å². The molecule has 0 N–H and O–H groups in total. The molecule has 2 rings (SSSR count). The van der Waals surface area contributed by atoms with Crippen molar-refractivity contribution in [2.45, 2.75) is 26.2 Å². The van der Waals surface area contributed by atoms with Crippen molar-refractivity contribution in [2.75, 3.05) is 19.6 Å². The van der Waals surface area contributed by atoms with Crippen LogP contribution in [0.2, 0.25) is 0 Å². The molecule has 2 aliphatic heterocycles. The molecule has 92 valence electrons. The van der Waals surface area contributed by atoms with Crippen molar-refractivity contribution < 1.29 is 22.3 Å². The quantitative estimate of drug-likeness (QED) is 0.409. The summed E-state index contributed by atoms with van der Waals surface area (Å²) >= 11 is 2.30. The molecule has 2 heterocycles. The van der Waals surface area contributed by atoms with Gasteiger partial charge in [-0.25, -0.2) is 0 Å². The predicted octanol–water partition coefficient (Wildman–Crippen LogP) is -0.811. The summed E-state index contributed by atoms with van der Waals surface area (Å²) in [5.74, 6) is 0.394. The molecule has 0 aromatic heterocycles. The van der Waals surface area contributed by atoms with Gasteiger partial charge in [-0.2, -0.15) is 0 Å². The third-order valence-corrected chi connectivity index (χ3v) is 7.98. The van der Waals surface area contributed by atoms with E-state index in [9.17, 15) is 4.79 Å². The van der Waals surface area contributed by atoms with Crippen molar-refractivity contribution in [1.82, 2.24) is 8.01 Å². The van der Waals surface area contributed by atoms with Gasteiger partial charge in [0.05, 0.1) is 0 Å². The molecule has 0 atom stereocenters. The Hall–Kier alpha value is 0.470. The number of halogens is 2. The Bertz CT molecular complexity index is 311. The first-order chi connectivity index (χ1) is 7.56. The fourth-order valence-electron chi connectivity index (χ4n) is 2.60. The van der Waals surface area contributed by atoms with Gasteiger partial charge in [0, 0.05) is 0 Å². The standard InChI is InChI=1S/C11H17I2N2O/c1-9(2)14-5-3-11(4-6-14)7-10(16)15(8-11)13-12/h1,3-8H2,2H3/q-1. The Morgan fingerprint density at radius 3 is 2.56 bits per heavy atom. The zero-order valence-corrected chi connectivity index (χ0v) is 13.8. The van der Waals surface area contributed by atoms with E-state index in [-0.39, 0.29) is 17.5 Å². The molecule has 16 heavy (non-hydrogen) atoms. The summed E-state index contributed by atoms with van der Waals surface area (Å²) < 4.78 is 2.11. The molecule has 2 aliphatic rings. The molecule has 0 unspecified atom stereocenters. The van der Waals surface area contributed by atoms with Crippen molar-refractivity contribution in [3.63, 3.8) is 0 Å². The van der Waals surface area contributed by atoms with Crippen LogP contribution < -0.4 is 17.5 Å². The first-order valence-electron chi connectivity index (χ1n) is 5.53. The average Bonchev–Trinajstić information content (AvgIpc) is 2.55. The van der Waals surface area contributed by atoms with Crippen LogP contribution >= 0.6 is 18.6 Å². The van der Waals surface area contributed by atoms with E-state index in [2.05, 4.69) is 40.1 Å².